The van der Waals surface area contributed by atoms with Gasteiger partial charge in [0, 0.05) is 24.4 Å². The van der Waals surface area contributed by atoms with Gasteiger partial charge in [0.05, 0.1) is 18.5 Å². The molecule has 1 heterocycles. The van der Waals surface area contributed by atoms with E-state index in [1.54, 1.807) is 31.0 Å². The molecule has 0 N–H and O–H groups in total. The molecule has 2 aromatic rings. The summed E-state index contributed by atoms with van der Waals surface area (Å²) >= 11 is 1.68. The number of methoxy groups -OCH3 is 1. The number of amides is 1. The van der Waals surface area contributed by atoms with Crippen LogP contribution in [0.4, 0.5) is 5.69 Å². The van der Waals surface area contributed by atoms with Crippen molar-refractivity contribution in [3.8, 4) is 5.75 Å². The van der Waals surface area contributed by atoms with E-state index in [9.17, 15) is 14.9 Å². The summed E-state index contributed by atoms with van der Waals surface area (Å²) in [6.07, 6.45) is 0.327. The van der Waals surface area contributed by atoms with E-state index < -0.39 is 4.92 Å². The fraction of sp³-hybridized carbons (Fsp3) is 0.278. The van der Waals surface area contributed by atoms with Crippen LogP contribution in [0.1, 0.15) is 16.5 Å². The quantitative estimate of drug-likeness (QED) is 0.605. The second kappa shape index (κ2) is 7.57. The molecule has 1 aliphatic rings. The minimum atomic E-state index is -0.418. The first-order valence-corrected chi connectivity index (χ1v) is 8.91. The highest BCUT2D eigenvalue weighted by Crippen LogP contribution is 2.38. The molecular weight excluding hydrogens is 340 g/mol. The Balaban J connectivity index is 1.71. The normalized spacial score (nSPS) is 16.7. The Morgan fingerprint density at radius 1 is 1.24 bits per heavy atom. The van der Waals surface area contributed by atoms with Crippen LogP contribution in [0.5, 0.6) is 5.75 Å². The van der Waals surface area contributed by atoms with Crippen molar-refractivity contribution in [1.29, 1.82) is 0 Å². The number of hydrogen-bond acceptors (Lipinski definition) is 5. The Morgan fingerprint density at radius 2 is 1.92 bits per heavy atom. The molecule has 0 aliphatic carbocycles. The number of rotatable bonds is 5. The minimum absolute atomic E-state index is 0.0542. The fourth-order valence-electron chi connectivity index (χ4n) is 2.78. The lowest BCUT2D eigenvalue weighted by Crippen LogP contribution is -2.31. The van der Waals surface area contributed by atoms with Crippen molar-refractivity contribution in [2.45, 2.75) is 11.8 Å². The summed E-state index contributed by atoms with van der Waals surface area (Å²) < 4.78 is 5.13. The van der Waals surface area contributed by atoms with E-state index in [0.29, 0.717) is 13.0 Å². The van der Waals surface area contributed by atoms with Crippen LogP contribution in [-0.2, 0) is 11.2 Å². The van der Waals surface area contributed by atoms with Gasteiger partial charge in [0.1, 0.15) is 11.1 Å². The number of benzene rings is 2. The molecule has 2 aromatic carbocycles. The number of carbonyl (C=O) groups excluding carboxylic acids is 1. The highest BCUT2D eigenvalue weighted by molar-refractivity contribution is 7.99. The minimum Gasteiger partial charge on any atom is -0.497 e. The zero-order valence-electron chi connectivity index (χ0n) is 13.8. The molecule has 1 unspecified atom stereocenters. The van der Waals surface area contributed by atoms with Crippen molar-refractivity contribution in [3.63, 3.8) is 0 Å². The molecule has 7 heteroatoms. The summed E-state index contributed by atoms with van der Waals surface area (Å²) in [4.78, 5) is 24.9. The van der Waals surface area contributed by atoms with Crippen LogP contribution in [0, 0.1) is 10.1 Å². The average Bonchev–Trinajstić information content (AvgIpc) is 3.12. The number of hydrogen-bond donors (Lipinski definition) is 0. The molecule has 0 radical (unpaired) electrons. The fourth-order valence-corrected chi connectivity index (χ4v) is 4.06. The lowest BCUT2D eigenvalue weighted by Gasteiger charge is -2.24. The molecule has 0 saturated carbocycles. The maximum atomic E-state index is 12.7. The van der Waals surface area contributed by atoms with Crippen molar-refractivity contribution in [3.05, 3.63) is 69.8 Å². The highest BCUT2D eigenvalue weighted by Gasteiger charge is 2.30. The average molecular weight is 358 g/mol. The molecule has 1 fully saturated rings. The van der Waals surface area contributed by atoms with E-state index in [1.807, 2.05) is 29.2 Å². The van der Waals surface area contributed by atoms with Gasteiger partial charge in [0.2, 0.25) is 5.91 Å². The zero-order valence-corrected chi connectivity index (χ0v) is 14.6. The summed E-state index contributed by atoms with van der Waals surface area (Å²) in [6.45, 7) is 0.682. The Bertz CT molecular complexity index is 762. The van der Waals surface area contributed by atoms with Gasteiger partial charge in [0.25, 0.3) is 5.69 Å². The van der Waals surface area contributed by atoms with E-state index in [-0.39, 0.29) is 17.0 Å². The number of nitro benzene ring substituents is 1. The molecule has 1 saturated heterocycles. The van der Waals surface area contributed by atoms with E-state index in [2.05, 4.69) is 0 Å². The van der Waals surface area contributed by atoms with Crippen LogP contribution in [0.2, 0.25) is 0 Å². The molecule has 1 atom stereocenters. The second-order valence-corrected chi connectivity index (χ2v) is 6.87. The van der Waals surface area contributed by atoms with Gasteiger partial charge < -0.3 is 9.64 Å². The number of ether oxygens (including phenoxy) is 1. The summed E-state index contributed by atoms with van der Waals surface area (Å²) in [7, 11) is 1.61. The van der Waals surface area contributed by atoms with Crippen molar-refractivity contribution >= 4 is 23.4 Å². The number of non-ortho nitro benzene ring substituents is 1. The third kappa shape index (κ3) is 3.93. The first kappa shape index (κ1) is 17.3. The summed E-state index contributed by atoms with van der Waals surface area (Å²) in [5, 5.41) is 10.7. The van der Waals surface area contributed by atoms with E-state index in [0.717, 1.165) is 22.6 Å². The van der Waals surface area contributed by atoms with E-state index >= 15 is 0 Å². The lowest BCUT2D eigenvalue weighted by atomic mass is 10.1. The van der Waals surface area contributed by atoms with Crippen LogP contribution in [0.25, 0.3) is 0 Å². The van der Waals surface area contributed by atoms with Gasteiger partial charge in [-0.2, -0.15) is 0 Å². The van der Waals surface area contributed by atoms with Crippen molar-refractivity contribution in [2.24, 2.45) is 0 Å². The van der Waals surface area contributed by atoms with Gasteiger partial charge in [-0.05, 0) is 35.4 Å². The van der Waals surface area contributed by atoms with Gasteiger partial charge in [-0.3, -0.25) is 14.9 Å². The number of carbonyl (C=O) groups is 1. The molecule has 130 valence electrons. The third-order valence-electron chi connectivity index (χ3n) is 4.11. The van der Waals surface area contributed by atoms with Gasteiger partial charge in [-0.1, -0.05) is 12.1 Å². The molecule has 1 aliphatic heterocycles. The molecule has 0 bridgehead atoms. The largest absolute Gasteiger partial charge is 0.497 e. The van der Waals surface area contributed by atoms with Gasteiger partial charge >= 0.3 is 0 Å². The molecular formula is C18H18N2O4S. The lowest BCUT2D eigenvalue weighted by molar-refractivity contribution is -0.384. The molecule has 6 nitrogen and oxygen atoms in total. The first-order valence-electron chi connectivity index (χ1n) is 7.87. The third-order valence-corrected chi connectivity index (χ3v) is 5.38. The molecule has 1 amide bonds. The Kier molecular flexibility index (Phi) is 5.23. The topological polar surface area (TPSA) is 72.7 Å². The van der Waals surface area contributed by atoms with Crippen LogP contribution in [0.3, 0.4) is 0 Å². The van der Waals surface area contributed by atoms with Gasteiger partial charge in [0.15, 0.2) is 0 Å². The summed E-state index contributed by atoms with van der Waals surface area (Å²) in [6, 6.07) is 13.9. The van der Waals surface area contributed by atoms with E-state index in [1.165, 1.54) is 12.1 Å². The zero-order chi connectivity index (χ0) is 17.8. The van der Waals surface area contributed by atoms with Crippen molar-refractivity contribution < 1.29 is 14.5 Å². The van der Waals surface area contributed by atoms with Crippen molar-refractivity contribution in [1.82, 2.24) is 4.90 Å². The second-order valence-electron chi connectivity index (χ2n) is 5.68. The SMILES string of the molecule is COc1ccc(CC(=O)N2CCSC2c2ccc([N+](=O)[O-])cc2)cc1. The van der Waals surface area contributed by atoms with Gasteiger partial charge in [-0.15, -0.1) is 11.8 Å². The van der Waals surface area contributed by atoms with Crippen LogP contribution < -0.4 is 4.74 Å². The molecule has 0 spiro atoms. The van der Waals surface area contributed by atoms with Crippen LogP contribution in [-0.4, -0.2) is 35.1 Å². The first-order chi connectivity index (χ1) is 12.1. The molecule has 25 heavy (non-hydrogen) atoms. The number of thioether (sulfide) groups is 1. The predicted octanol–water partition coefficient (Wildman–Crippen LogP) is 3.42. The summed E-state index contributed by atoms with van der Waals surface area (Å²) in [5.41, 5.74) is 1.91. The number of nitrogens with zero attached hydrogens (tertiary/aromatic N) is 2. The Morgan fingerprint density at radius 3 is 2.52 bits per heavy atom. The summed E-state index contributed by atoms with van der Waals surface area (Å²) in [5.74, 6) is 1.67. The maximum Gasteiger partial charge on any atom is 0.269 e. The maximum absolute atomic E-state index is 12.7. The Labute approximate surface area is 149 Å². The predicted molar refractivity (Wildman–Crippen MR) is 96.7 cm³/mol. The van der Waals surface area contributed by atoms with Crippen LogP contribution in [0.15, 0.2) is 48.5 Å². The number of nitro groups is 1. The van der Waals surface area contributed by atoms with Crippen molar-refractivity contribution in [2.75, 3.05) is 19.4 Å². The molecule has 3 rings (SSSR count). The highest BCUT2D eigenvalue weighted by atomic mass is 32.2. The van der Waals surface area contributed by atoms with Crippen LogP contribution >= 0.6 is 11.8 Å². The smallest absolute Gasteiger partial charge is 0.269 e. The monoisotopic (exact) mass is 358 g/mol. The standard InChI is InChI=1S/C18H18N2O4S/c1-24-16-8-2-13(3-9-16)12-17(21)19-10-11-25-18(19)14-4-6-15(7-5-14)20(22)23/h2-9,18H,10-12H2,1H3. The van der Waals surface area contributed by atoms with Gasteiger partial charge in [-0.25, -0.2) is 0 Å². The Hall–Kier alpha value is -2.54. The molecule has 0 aromatic heterocycles. The van der Waals surface area contributed by atoms with E-state index in [4.69, 9.17) is 4.74 Å².